The molecule has 0 saturated carbocycles. The lowest BCUT2D eigenvalue weighted by Gasteiger charge is -2.05. The minimum Gasteiger partial charge on any atom is -0.410 e. The summed E-state index contributed by atoms with van der Waals surface area (Å²) in [4.78, 5) is 0. The number of thioether (sulfide) groups is 1. The third-order valence-electron chi connectivity index (χ3n) is 1.58. The molecule has 0 aliphatic carbocycles. The summed E-state index contributed by atoms with van der Waals surface area (Å²) in [6, 6.07) is 0. The molecule has 0 radical (unpaired) electrons. The summed E-state index contributed by atoms with van der Waals surface area (Å²) < 4.78 is 5.48. The van der Waals surface area contributed by atoms with Gasteiger partial charge in [0.1, 0.15) is 16.6 Å². The maximum atomic E-state index is 8.51. The van der Waals surface area contributed by atoms with Crippen LogP contribution in [0.2, 0.25) is 0 Å². The predicted molar refractivity (Wildman–Crippen MR) is 46.1 cm³/mol. The molecule has 1 fully saturated rings. The van der Waals surface area contributed by atoms with Crippen molar-refractivity contribution in [3.8, 4) is 0 Å². The van der Waals surface area contributed by atoms with Gasteiger partial charge in [-0.2, -0.15) is 0 Å². The zero-order valence-electron chi connectivity index (χ0n) is 6.78. The van der Waals surface area contributed by atoms with Crippen LogP contribution in [0, 0.1) is 0 Å². The Labute approximate surface area is 70.8 Å². The van der Waals surface area contributed by atoms with E-state index in [0.29, 0.717) is 5.04 Å². The Morgan fingerprint density at radius 1 is 1.73 bits per heavy atom. The van der Waals surface area contributed by atoms with E-state index in [1.807, 2.05) is 6.92 Å². The van der Waals surface area contributed by atoms with Crippen molar-refractivity contribution in [3.05, 3.63) is 0 Å². The maximum Gasteiger partial charge on any atom is 0.143 e. The van der Waals surface area contributed by atoms with Crippen molar-refractivity contribution in [2.75, 3.05) is 0 Å². The van der Waals surface area contributed by atoms with Crippen LogP contribution in [0.5, 0.6) is 0 Å². The molecule has 0 spiro atoms. The number of oxime groups is 1. The van der Waals surface area contributed by atoms with Gasteiger partial charge >= 0.3 is 0 Å². The normalized spacial score (nSPS) is 34.9. The molecule has 1 N–H and O–H groups in total. The number of hydrogen-bond acceptors (Lipinski definition) is 4. The molecule has 0 bridgehead atoms. The first-order valence-electron chi connectivity index (χ1n) is 3.82. The monoisotopic (exact) mass is 175 g/mol. The van der Waals surface area contributed by atoms with Crippen LogP contribution >= 0.6 is 11.8 Å². The highest BCUT2D eigenvalue weighted by Crippen LogP contribution is 2.30. The summed E-state index contributed by atoms with van der Waals surface area (Å²) in [5.41, 5.74) is 0.195. The summed E-state index contributed by atoms with van der Waals surface area (Å²) in [7, 11) is 0. The van der Waals surface area contributed by atoms with Gasteiger partial charge in [0.25, 0.3) is 0 Å². The van der Waals surface area contributed by atoms with Crippen LogP contribution in [-0.4, -0.2) is 21.8 Å². The van der Waals surface area contributed by atoms with E-state index < -0.39 is 0 Å². The van der Waals surface area contributed by atoms with Crippen LogP contribution in [0.1, 0.15) is 26.7 Å². The second-order valence-electron chi connectivity index (χ2n) is 2.55. The molecule has 0 amide bonds. The topological polar surface area (TPSA) is 41.8 Å². The van der Waals surface area contributed by atoms with Crippen LogP contribution in [0.3, 0.4) is 0 Å². The van der Waals surface area contributed by atoms with E-state index in [-0.39, 0.29) is 11.5 Å². The molecule has 2 atom stereocenters. The molecule has 2 unspecified atom stereocenters. The first-order valence-corrected chi connectivity index (χ1v) is 4.70. The lowest BCUT2D eigenvalue weighted by atomic mass is 10.3. The van der Waals surface area contributed by atoms with Gasteiger partial charge in [0.05, 0.1) is 0 Å². The Kier molecular flexibility index (Phi) is 3.20. The smallest absolute Gasteiger partial charge is 0.143 e. The van der Waals surface area contributed by atoms with Crippen molar-refractivity contribution in [3.63, 3.8) is 0 Å². The van der Waals surface area contributed by atoms with Gasteiger partial charge in [-0.15, -0.1) is 0 Å². The van der Waals surface area contributed by atoms with E-state index in [0.717, 1.165) is 12.8 Å². The first kappa shape index (κ1) is 8.87. The van der Waals surface area contributed by atoms with E-state index in [1.165, 1.54) is 11.8 Å². The van der Waals surface area contributed by atoms with Gasteiger partial charge in [0.2, 0.25) is 0 Å². The average Bonchev–Trinajstić information content (AvgIpc) is 2.32. The van der Waals surface area contributed by atoms with Crippen LogP contribution in [0.15, 0.2) is 5.16 Å². The van der Waals surface area contributed by atoms with Crippen LogP contribution < -0.4 is 0 Å². The van der Waals surface area contributed by atoms with E-state index in [1.54, 1.807) is 0 Å². The molecule has 1 saturated heterocycles. The van der Waals surface area contributed by atoms with Crippen molar-refractivity contribution >= 4 is 16.8 Å². The van der Waals surface area contributed by atoms with Gasteiger partial charge in [-0.05, 0) is 13.3 Å². The van der Waals surface area contributed by atoms with Gasteiger partial charge in [-0.1, -0.05) is 30.3 Å². The molecule has 4 heteroatoms. The molecule has 0 aromatic rings. The molecular weight excluding hydrogens is 162 g/mol. The van der Waals surface area contributed by atoms with Crippen molar-refractivity contribution in [1.82, 2.24) is 0 Å². The van der Waals surface area contributed by atoms with Crippen LogP contribution in [-0.2, 0) is 4.74 Å². The van der Waals surface area contributed by atoms with Gasteiger partial charge in [-0.25, -0.2) is 0 Å². The predicted octanol–water partition coefficient (Wildman–Crippen LogP) is 2.05. The highest BCUT2D eigenvalue weighted by Gasteiger charge is 2.28. The summed E-state index contributed by atoms with van der Waals surface area (Å²) in [5.74, 6) is 0. The Morgan fingerprint density at radius 2 is 2.45 bits per heavy atom. The zero-order chi connectivity index (χ0) is 8.27. The van der Waals surface area contributed by atoms with E-state index >= 15 is 0 Å². The Morgan fingerprint density at radius 3 is 2.91 bits per heavy atom. The molecule has 0 aromatic heterocycles. The van der Waals surface area contributed by atoms with Crippen LogP contribution in [0.25, 0.3) is 0 Å². The molecule has 11 heavy (non-hydrogen) atoms. The first-order chi connectivity index (χ1) is 5.27. The number of rotatable bonds is 2. The maximum absolute atomic E-state index is 8.51. The number of nitrogens with zero attached hydrogens (tertiary/aromatic N) is 1. The molecular formula is C7H13NO2S. The number of hydrogen-bond donors (Lipinski definition) is 1. The third kappa shape index (κ3) is 2.10. The molecule has 1 aliphatic heterocycles. The Hall–Kier alpha value is -0.220. The average molecular weight is 175 g/mol. The summed E-state index contributed by atoms with van der Waals surface area (Å²) in [5, 5.41) is 12.4. The third-order valence-corrected chi connectivity index (χ3v) is 2.84. The molecule has 3 nitrogen and oxygen atoms in total. The van der Waals surface area contributed by atoms with E-state index in [4.69, 9.17) is 9.94 Å². The number of ether oxygens (including phenoxy) is 1. The SMILES string of the molecule is CCCC1OC(C)C(=NO)S1. The fraction of sp³-hybridized carbons (Fsp3) is 0.857. The Bertz CT molecular complexity index is 161. The standard InChI is InChI=1S/C7H13NO2S/c1-3-4-6-10-5(2)7(8-9)11-6/h5-6,9H,3-4H2,1-2H3. The minimum atomic E-state index is -0.0263. The highest BCUT2D eigenvalue weighted by atomic mass is 32.2. The molecule has 1 aliphatic rings. The molecule has 64 valence electrons. The summed E-state index contributed by atoms with van der Waals surface area (Å²) in [6.07, 6.45) is 2.10. The highest BCUT2D eigenvalue weighted by molar-refractivity contribution is 8.14. The van der Waals surface area contributed by atoms with Gasteiger partial charge in [-0.3, -0.25) is 0 Å². The van der Waals surface area contributed by atoms with Crippen LogP contribution in [0.4, 0.5) is 0 Å². The fourth-order valence-electron chi connectivity index (χ4n) is 1.01. The second-order valence-corrected chi connectivity index (χ2v) is 3.73. The van der Waals surface area contributed by atoms with Crippen molar-refractivity contribution in [2.24, 2.45) is 5.16 Å². The van der Waals surface area contributed by atoms with E-state index in [2.05, 4.69) is 12.1 Å². The van der Waals surface area contributed by atoms with Gasteiger partial charge in [0, 0.05) is 0 Å². The summed E-state index contributed by atoms with van der Waals surface area (Å²) >= 11 is 1.52. The van der Waals surface area contributed by atoms with Crippen molar-refractivity contribution in [2.45, 2.75) is 38.2 Å². The zero-order valence-corrected chi connectivity index (χ0v) is 7.60. The lowest BCUT2D eigenvalue weighted by Crippen LogP contribution is -2.10. The second kappa shape index (κ2) is 3.97. The largest absolute Gasteiger partial charge is 0.410 e. The lowest BCUT2D eigenvalue weighted by molar-refractivity contribution is 0.0931. The molecule has 1 rings (SSSR count). The van der Waals surface area contributed by atoms with E-state index in [9.17, 15) is 0 Å². The minimum absolute atomic E-state index is 0.0263. The van der Waals surface area contributed by atoms with Crippen molar-refractivity contribution in [1.29, 1.82) is 0 Å². The van der Waals surface area contributed by atoms with Crippen molar-refractivity contribution < 1.29 is 9.94 Å². The fourth-order valence-corrected chi connectivity index (χ4v) is 2.15. The quantitative estimate of drug-likeness (QED) is 0.516. The summed E-state index contributed by atoms with van der Waals surface area (Å²) in [6.45, 7) is 4.01. The van der Waals surface area contributed by atoms with Gasteiger partial charge < -0.3 is 9.94 Å². The molecule has 0 aromatic carbocycles. The Balaban J connectivity index is 2.43. The van der Waals surface area contributed by atoms with Gasteiger partial charge in [0.15, 0.2) is 0 Å². The molecule has 1 heterocycles.